The summed E-state index contributed by atoms with van der Waals surface area (Å²) in [6.07, 6.45) is 8.10. The highest BCUT2D eigenvalue weighted by atomic mass is 32.2. The summed E-state index contributed by atoms with van der Waals surface area (Å²) in [4.78, 5) is 9.33. The second-order valence-electron chi connectivity index (χ2n) is 8.56. The molecule has 1 aliphatic rings. The van der Waals surface area contributed by atoms with Crippen LogP contribution in [-0.2, 0) is 15.6 Å². The van der Waals surface area contributed by atoms with Gasteiger partial charge < -0.3 is 5.11 Å². The fourth-order valence-electron chi connectivity index (χ4n) is 4.16. The van der Waals surface area contributed by atoms with E-state index in [1.807, 2.05) is 18.2 Å². The molecule has 1 saturated heterocycles. The van der Waals surface area contributed by atoms with Gasteiger partial charge in [0.2, 0.25) is 10.0 Å². The molecule has 0 bridgehead atoms. The van der Waals surface area contributed by atoms with Gasteiger partial charge in [-0.05, 0) is 24.3 Å². The molecule has 35 heavy (non-hydrogen) atoms. The molecule has 4 aromatic rings. The molecule has 1 N–H and O–H groups in total. The van der Waals surface area contributed by atoms with Gasteiger partial charge in [0, 0.05) is 42.6 Å². The second kappa shape index (κ2) is 8.38. The summed E-state index contributed by atoms with van der Waals surface area (Å²) in [6, 6.07) is 9.55. The molecule has 5 rings (SSSR count). The van der Waals surface area contributed by atoms with Crippen molar-refractivity contribution in [1.82, 2.24) is 33.8 Å². The van der Waals surface area contributed by atoms with Crippen molar-refractivity contribution in [1.29, 1.82) is 5.26 Å². The van der Waals surface area contributed by atoms with Crippen molar-refractivity contribution in [3.05, 3.63) is 55.6 Å². The van der Waals surface area contributed by atoms with Crippen LogP contribution in [0.5, 0.6) is 0 Å². The third kappa shape index (κ3) is 3.99. The molecule has 0 atom stereocenters. The number of sulfonamides is 1. The third-order valence-corrected chi connectivity index (χ3v) is 7.32. The maximum atomic E-state index is 11.9. The van der Waals surface area contributed by atoms with Crippen molar-refractivity contribution in [2.75, 3.05) is 26.0 Å². The van der Waals surface area contributed by atoms with Crippen LogP contribution in [0.25, 0.3) is 39.2 Å². The lowest BCUT2D eigenvalue weighted by molar-refractivity contribution is 0.0726. The zero-order valence-corrected chi connectivity index (χ0v) is 19.7. The monoisotopic (exact) mass is 490 g/mol. The van der Waals surface area contributed by atoms with Crippen LogP contribution >= 0.6 is 0 Å². The van der Waals surface area contributed by atoms with Gasteiger partial charge in [-0.25, -0.2) is 18.1 Å². The van der Waals surface area contributed by atoms with Crippen LogP contribution in [0.3, 0.4) is 0 Å². The summed E-state index contributed by atoms with van der Waals surface area (Å²) < 4.78 is 28.3. The average molecular weight is 491 g/mol. The highest BCUT2D eigenvalue weighted by molar-refractivity contribution is 7.88. The predicted octanol–water partition coefficient (Wildman–Crippen LogP) is 1.70. The van der Waals surface area contributed by atoms with Gasteiger partial charge in [0.05, 0.1) is 48.5 Å². The minimum Gasteiger partial charge on any atom is -0.390 e. The molecular weight excluding hydrogens is 468 g/mol. The number of aliphatic hydroxyl groups excluding tert-OH is 1. The Kier molecular flexibility index (Phi) is 5.47. The molecule has 0 saturated carbocycles. The molecular formula is C23H22N8O3S. The van der Waals surface area contributed by atoms with Gasteiger partial charge >= 0.3 is 0 Å². The van der Waals surface area contributed by atoms with E-state index in [-0.39, 0.29) is 26.1 Å². The van der Waals surface area contributed by atoms with Crippen LogP contribution in [0.1, 0.15) is 6.42 Å². The van der Waals surface area contributed by atoms with E-state index in [4.69, 9.17) is 10.1 Å². The number of nitrogens with zero attached hydrogens (tertiary/aromatic N) is 8. The number of rotatable bonds is 7. The fourth-order valence-corrected chi connectivity index (χ4v) is 5.11. The number of fused-ring (bicyclic) bond motifs is 1. The van der Waals surface area contributed by atoms with E-state index in [2.05, 4.69) is 22.7 Å². The Morgan fingerprint density at radius 3 is 2.83 bits per heavy atom. The summed E-state index contributed by atoms with van der Waals surface area (Å²) in [5.74, 6) is 0. The molecule has 0 radical (unpaired) electrons. The number of hydrogen-bond donors (Lipinski definition) is 1. The molecule has 0 spiro atoms. The minimum atomic E-state index is -3.35. The van der Waals surface area contributed by atoms with E-state index in [0.717, 1.165) is 22.7 Å². The maximum Gasteiger partial charge on any atom is 0.211 e. The smallest absolute Gasteiger partial charge is 0.211 e. The fraction of sp³-hybridized carbons (Fsp3) is 0.261. The van der Waals surface area contributed by atoms with Crippen LogP contribution in [0.15, 0.2) is 55.6 Å². The molecule has 0 aromatic carbocycles. The first-order valence-electron chi connectivity index (χ1n) is 10.7. The number of pyridine rings is 2. The van der Waals surface area contributed by atoms with Crippen LogP contribution in [0.2, 0.25) is 0 Å². The van der Waals surface area contributed by atoms with Gasteiger partial charge in [0.15, 0.2) is 0 Å². The summed E-state index contributed by atoms with van der Waals surface area (Å²) in [5, 5.41) is 28.5. The zero-order chi connectivity index (χ0) is 24.8. The number of hydrogen-bond acceptors (Lipinski definition) is 8. The maximum absolute atomic E-state index is 11.9. The van der Waals surface area contributed by atoms with Crippen LogP contribution in [-0.4, -0.2) is 73.3 Å². The summed E-state index contributed by atoms with van der Waals surface area (Å²) in [7, 11) is -3.35. The Labute approximate surface area is 201 Å². The molecule has 5 heterocycles. The molecule has 12 heteroatoms. The van der Waals surface area contributed by atoms with Crippen molar-refractivity contribution < 1.29 is 13.5 Å². The topological polar surface area (TPSA) is 143 Å². The van der Waals surface area contributed by atoms with E-state index in [1.54, 1.807) is 35.5 Å². The lowest BCUT2D eigenvalue weighted by atomic mass is 9.89. The largest absolute Gasteiger partial charge is 0.390 e. The Bertz CT molecular complexity index is 1590. The quantitative estimate of drug-likeness (QED) is 0.412. The van der Waals surface area contributed by atoms with Crippen LogP contribution < -0.4 is 0 Å². The highest BCUT2D eigenvalue weighted by Crippen LogP contribution is 2.35. The Hall–Kier alpha value is -3.92. The van der Waals surface area contributed by atoms with Crippen molar-refractivity contribution >= 4 is 26.6 Å². The molecule has 4 aromatic heterocycles. The van der Waals surface area contributed by atoms with E-state index in [0.29, 0.717) is 22.8 Å². The molecule has 0 unspecified atom stereocenters. The summed E-state index contributed by atoms with van der Waals surface area (Å²) >= 11 is 0. The molecule has 1 aliphatic heterocycles. The number of aliphatic hydroxyl groups is 1. The standard InChI is InChI=1S/C23H22N8O3S/c1-16(13-32)30-12-17(11-26-30)20-10-21-18(4-3-8-25-21)22(27-20)19-5-9-31(28-19)23(6-7-24)14-29(15-23)35(2,33)34/h3-5,8-12,32H,1,6,13-15H2,2H3. The van der Waals surface area contributed by atoms with Gasteiger partial charge in [-0.15, -0.1) is 0 Å². The highest BCUT2D eigenvalue weighted by Gasteiger charge is 2.49. The van der Waals surface area contributed by atoms with Gasteiger partial charge in [0.25, 0.3) is 0 Å². The van der Waals surface area contributed by atoms with E-state index >= 15 is 0 Å². The van der Waals surface area contributed by atoms with Crippen LogP contribution in [0.4, 0.5) is 0 Å². The lowest BCUT2D eigenvalue weighted by Crippen LogP contribution is -2.63. The first kappa shape index (κ1) is 22.9. The third-order valence-electron chi connectivity index (χ3n) is 6.12. The Balaban J connectivity index is 1.57. The Morgan fingerprint density at radius 2 is 2.11 bits per heavy atom. The van der Waals surface area contributed by atoms with Gasteiger partial charge in [0.1, 0.15) is 16.9 Å². The Morgan fingerprint density at radius 1 is 1.31 bits per heavy atom. The van der Waals surface area contributed by atoms with Crippen molar-refractivity contribution in [2.24, 2.45) is 0 Å². The van der Waals surface area contributed by atoms with Gasteiger partial charge in [-0.3, -0.25) is 9.67 Å². The normalized spacial score (nSPS) is 15.6. The lowest BCUT2D eigenvalue weighted by Gasteiger charge is -2.47. The molecule has 1 fully saturated rings. The molecule has 0 amide bonds. The van der Waals surface area contributed by atoms with Gasteiger partial charge in [-0.1, -0.05) is 6.58 Å². The van der Waals surface area contributed by atoms with Crippen molar-refractivity contribution in [2.45, 2.75) is 12.0 Å². The van der Waals surface area contributed by atoms with Crippen LogP contribution in [0, 0.1) is 11.3 Å². The predicted molar refractivity (Wildman–Crippen MR) is 129 cm³/mol. The van der Waals surface area contributed by atoms with E-state index < -0.39 is 15.6 Å². The summed E-state index contributed by atoms with van der Waals surface area (Å²) in [5.41, 5.74) is 2.94. The first-order chi connectivity index (χ1) is 16.7. The molecule has 0 aliphatic carbocycles. The number of aromatic nitrogens is 6. The number of nitriles is 1. The molecule has 178 valence electrons. The van der Waals surface area contributed by atoms with Gasteiger partial charge in [-0.2, -0.15) is 19.8 Å². The molecule has 11 nitrogen and oxygen atoms in total. The van der Waals surface area contributed by atoms with Crippen molar-refractivity contribution in [3.63, 3.8) is 0 Å². The first-order valence-corrected chi connectivity index (χ1v) is 12.6. The van der Waals surface area contributed by atoms with E-state index in [1.165, 1.54) is 8.99 Å². The van der Waals surface area contributed by atoms with Crippen molar-refractivity contribution in [3.8, 4) is 28.7 Å². The van der Waals surface area contributed by atoms with E-state index in [9.17, 15) is 18.8 Å². The average Bonchev–Trinajstić information content (AvgIpc) is 3.50. The summed E-state index contributed by atoms with van der Waals surface area (Å²) in [6.45, 7) is 3.93. The zero-order valence-electron chi connectivity index (χ0n) is 18.9. The minimum absolute atomic E-state index is 0.129. The second-order valence-corrected chi connectivity index (χ2v) is 10.5. The SMILES string of the molecule is C=C(CO)n1cc(-c2cc3ncccc3c(-c3ccn(C4(CC#N)CN(S(C)(=O)=O)C4)n3)n2)cn1.